The summed E-state index contributed by atoms with van der Waals surface area (Å²) in [4.78, 5) is 20.1. The zero-order valence-corrected chi connectivity index (χ0v) is 15.8. The molecule has 0 radical (unpaired) electrons. The molecule has 7 heteroatoms. The van der Waals surface area contributed by atoms with Gasteiger partial charge >= 0.3 is 0 Å². The first-order valence-corrected chi connectivity index (χ1v) is 8.84. The number of rotatable bonds is 6. The minimum Gasteiger partial charge on any atom is -0.366 e. The molecule has 1 aromatic heterocycles. The molecule has 0 aliphatic carbocycles. The number of amides is 1. The van der Waals surface area contributed by atoms with E-state index in [4.69, 9.17) is 11.6 Å². The molecule has 1 amide bonds. The van der Waals surface area contributed by atoms with Crippen LogP contribution in [0.25, 0.3) is 0 Å². The number of carbonyl (C=O) groups is 1. The fourth-order valence-corrected chi connectivity index (χ4v) is 2.67. The lowest BCUT2D eigenvalue weighted by Gasteiger charge is -2.11. The van der Waals surface area contributed by atoms with Crippen molar-refractivity contribution in [3.8, 4) is 0 Å². The maximum absolute atomic E-state index is 11.2. The maximum Gasteiger partial charge on any atom is 0.221 e. The second-order valence-corrected chi connectivity index (χ2v) is 6.49. The van der Waals surface area contributed by atoms with E-state index >= 15 is 0 Å². The van der Waals surface area contributed by atoms with Crippen molar-refractivity contribution in [1.29, 1.82) is 0 Å². The number of aryl methyl sites for hydroxylation is 1. The molecule has 0 bridgehead atoms. The summed E-state index contributed by atoms with van der Waals surface area (Å²) in [5.74, 6) is 1.93. The van der Waals surface area contributed by atoms with Crippen LogP contribution in [0, 0.1) is 6.92 Å². The predicted molar refractivity (Wildman–Crippen MR) is 110 cm³/mol. The summed E-state index contributed by atoms with van der Waals surface area (Å²) in [7, 11) is 0. The highest BCUT2D eigenvalue weighted by atomic mass is 35.5. The third kappa shape index (κ3) is 5.69. The van der Waals surface area contributed by atoms with Gasteiger partial charge in [0.15, 0.2) is 0 Å². The van der Waals surface area contributed by atoms with Crippen LogP contribution >= 0.6 is 11.6 Å². The summed E-state index contributed by atoms with van der Waals surface area (Å²) in [5, 5.41) is 10.0. The first kappa shape index (κ1) is 18.7. The topological polar surface area (TPSA) is 78.9 Å². The number of anilines is 4. The van der Waals surface area contributed by atoms with Gasteiger partial charge in [0.05, 0.1) is 0 Å². The van der Waals surface area contributed by atoms with E-state index in [0.717, 1.165) is 22.8 Å². The van der Waals surface area contributed by atoms with Crippen LogP contribution in [-0.4, -0.2) is 15.9 Å². The van der Waals surface area contributed by atoms with Crippen molar-refractivity contribution >= 4 is 40.5 Å². The zero-order valence-electron chi connectivity index (χ0n) is 15.1. The quantitative estimate of drug-likeness (QED) is 0.574. The molecule has 0 aliphatic rings. The van der Waals surface area contributed by atoms with Gasteiger partial charge < -0.3 is 16.0 Å². The van der Waals surface area contributed by atoms with E-state index < -0.39 is 0 Å². The molecule has 0 spiro atoms. The van der Waals surface area contributed by atoms with Crippen LogP contribution in [0.3, 0.4) is 0 Å². The molecule has 0 aliphatic heterocycles. The van der Waals surface area contributed by atoms with Crippen molar-refractivity contribution in [2.75, 3.05) is 16.0 Å². The summed E-state index contributed by atoms with van der Waals surface area (Å²) >= 11 is 5.91. The highest BCUT2D eigenvalue weighted by Gasteiger charge is 2.04. The van der Waals surface area contributed by atoms with Gasteiger partial charge in [0.2, 0.25) is 5.91 Å². The van der Waals surface area contributed by atoms with E-state index in [9.17, 15) is 4.79 Å². The third-order valence-corrected chi connectivity index (χ3v) is 3.93. The lowest BCUT2D eigenvalue weighted by atomic mass is 10.2. The van der Waals surface area contributed by atoms with Crippen molar-refractivity contribution in [1.82, 2.24) is 9.97 Å². The second kappa shape index (κ2) is 8.51. The largest absolute Gasteiger partial charge is 0.366 e. The summed E-state index contributed by atoms with van der Waals surface area (Å²) in [6, 6.07) is 16.9. The number of halogens is 1. The molecular formula is C20H20ClN5O. The molecule has 0 atom stereocenters. The van der Waals surface area contributed by atoms with Gasteiger partial charge in [0, 0.05) is 35.9 Å². The van der Waals surface area contributed by atoms with Crippen molar-refractivity contribution < 1.29 is 4.79 Å². The van der Waals surface area contributed by atoms with Crippen molar-refractivity contribution in [2.24, 2.45) is 0 Å². The Morgan fingerprint density at radius 2 is 1.70 bits per heavy atom. The maximum atomic E-state index is 11.2. The molecule has 0 fully saturated rings. The Kier molecular flexibility index (Phi) is 5.88. The van der Waals surface area contributed by atoms with E-state index in [1.807, 2.05) is 61.5 Å². The van der Waals surface area contributed by atoms with Gasteiger partial charge in [0.1, 0.15) is 17.5 Å². The van der Waals surface area contributed by atoms with Gasteiger partial charge in [-0.25, -0.2) is 9.97 Å². The molecular weight excluding hydrogens is 362 g/mol. The Labute approximate surface area is 163 Å². The fraction of sp³-hybridized carbons (Fsp3) is 0.150. The van der Waals surface area contributed by atoms with E-state index in [0.29, 0.717) is 23.2 Å². The van der Waals surface area contributed by atoms with Gasteiger partial charge in [-0.2, -0.15) is 0 Å². The predicted octanol–water partition coefficient (Wildman–Crippen LogP) is 4.75. The third-order valence-electron chi connectivity index (χ3n) is 3.68. The fourth-order valence-electron chi connectivity index (χ4n) is 2.54. The molecule has 3 N–H and O–H groups in total. The SMILES string of the molecule is CC(=O)Nc1cccc(Nc2cc(NCc3ccc(Cl)cc3)nc(C)n2)c1. The smallest absolute Gasteiger partial charge is 0.221 e. The first-order valence-electron chi connectivity index (χ1n) is 8.46. The summed E-state index contributed by atoms with van der Waals surface area (Å²) in [6.07, 6.45) is 0. The van der Waals surface area contributed by atoms with E-state index in [-0.39, 0.29) is 5.91 Å². The molecule has 0 saturated heterocycles. The van der Waals surface area contributed by atoms with Crippen LogP contribution in [0.2, 0.25) is 5.02 Å². The number of benzene rings is 2. The van der Waals surface area contributed by atoms with Crippen LogP contribution in [0.1, 0.15) is 18.3 Å². The number of hydrogen-bond acceptors (Lipinski definition) is 5. The van der Waals surface area contributed by atoms with Gasteiger partial charge in [-0.3, -0.25) is 4.79 Å². The monoisotopic (exact) mass is 381 g/mol. The molecule has 1 heterocycles. The number of aromatic nitrogens is 2. The minimum atomic E-state index is -0.112. The molecule has 138 valence electrons. The van der Waals surface area contributed by atoms with Crippen LogP contribution < -0.4 is 16.0 Å². The molecule has 3 aromatic rings. The van der Waals surface area contributed by atoms with Crippen LogP contribution in [0.4, 0.5) is 23.0 Å². The van der Waals surface area contributed by atoms with Crippen LogP contribution in [0.15, 0.2) is 54.6 Å². The number of hydrogen-bond donors (Lipinski definition) is 3. The Balaban J connectivity index is 1.71. The summed E-state index contributed by atoms with van der Waals surface area (Å²) in [5.41, 5.74) is 2.65. The normalized spacial score (nSPS) is 10.3. The minimum absolute atomic E-state index is 0.112. The van der Waals surface area contributed by atoms with Crippen LogP contribution in [-0.2, 0) is 11.3 Å². The molecule has 0 unspecified atom stereocenters. The summed E-state index contributed by atoms with van der Waals surface area (Å²) < 4.78 is 0. The zero-order chi connectivity index (χ0) is 19.2. The molecule has 2 aromatic carbocycles. The lowest BCUT2D eigenvalue weighted by Crippen LogP contribution is -2.06. The van der Waals surface area contributed by atoms with E-state index in [1.54, 1.807) is 0 Å². The van der Waals surface area contributed by atoms with E-state index in [1.165, 1.54) is 6.92 Å². The number of carbonyl (C=O) groups excluding carboxylic acids is 1. The van der Waals surface area contributed by atoms with Crippen molar-refractivity contribution in [2.45, 2.75) is 20.4 Å². The first-order chi connectivity index (χ1) is 13.0. The highest BCUT2D eigenvalue weighted by Crippen LogP contribution is 2.21. The Hall–Kier alpha value is -3.12. The number of nitrogens with one attached hydrogen (secondary N) is 3. The van der Waals surface area contributed by atoms with Gasteiger partial charge in [-0.05, 0) is 42.8 Å². The molecule has 3 rings (SSSR count). The summed E-state index contributed by atoms with van der Waals surface area (Å²) in [6.45, 7) is 3.95. The second-order valence-electron chi connectivity index (χ2n) is 6.05. The Morgan fingerprint density at radius 3 is 2.44 bits per heavy atom. The average Bonchev–Trinajstić information content (AvgIpc) is 2.60. The van der Waals surface area contributed by atoms with Crippen molar-refractivity contribution in [3.63, 3.8) is 0 Å². The molecule has 6 nitrogen and oxygen atoms in total. The van der Waals surface area contributed by atoms with Gasteiger partial charge in [-0.15, -0.1) is 0 Å². The standard InChI is InChI=1S/C20H20ClN5O/c1-13-23-19(22-12-15-6-8-16(21)9-7-15)11-20(24-13)26-18-5-3-4-17(10-18)25-14(2)27/h3-11H,12H2,1-2H3,(H,25,27)(H2,22,23,24,26). The highest BCUT2D eigenvalue weighted by molar-refractivity contribution is 6.30. The Bertz CT molecular complexity index is 943. The average molecular weight is 382 g/mol. The van der Waals surface area contributed by atoms with Crippen LogP contribution in [0.5, 0.6) is 0 Å². The molecule has 0 saturated carbocycles. The van der Waals surface area contributed by atoms with Gasteiger partial charge in [0.25, 0.3) is 0 Å². The number of nitrogens with zero attached hydrogens (tertiary/aromatic N) is 2. The molecule has 27 heavy (non-hydrogen) atoms. The Morgan fingerprint density at radius 1 is 1.00 bits per heavy atom. The lowest BCUT2D eigenvalue weighted by molar-refractivity contribution is -0.114. The van der Waals surface area contributed by atoms with Crippen molar-refractivity contribution in [3.05, 3.63) is 71.0 Å². The van der Waals surface area contributed by atoms with Gasteiger partial charge in [-0.1, -0.05) is 29.8 Å². The van der Waals surface area contributed by atoms with E-state index in [2.05, 4.69) is 25.9 Å².